The van der Waals surface area contributed by atoms with Crippen molar-refractivity contribution < 1.29 is 9.59 Å². The fourth-order valence-corrected chi connectivity index (χ4v) is 3.75. The molecule has 0 bridgehead atoms. The van der Waals surface area contributed by atoms with Crippen molar-refractivity contribution in [3.8, 4) is 11.3 Å². The highest BCUT2D eigenvalue weighted by Crippen LogP contribution is 2.33. The average molecular weight is 429 g/mol. The van der Waals surface area contributed by atoms with Crippen molar-refractivity contribution in [2.45, 2.75) is 40.2 Å². The molecule has 0 aliphatic heterocycles. The third-order valence-electron chi connectivity index (χ3n) is 5.88. The summed E-state index contributed by atoms with van der Waals surface area (Å²) in [5.74, 6) is 0.527. The van der Waals surface area contributed by atoms with Gasteiger partial charge >= 0.3 is 0 Å². The van der Waals surface area contributed by atoms with Gasteiger partial charge in [0, 0.05) is 49.4 Å². The monoisotopic (exact) mass is 428 g/mol. The molecule has 2 amide bonds. The third-order valence-corrected chi connectivity index (χ3v) is 5.88. The Kier molecular flexibility index (Phi) is 6.30. The first kappa shape index (κ1) is 21.7. The van der Waals surface area contributed by atoms with Crippen LogP contribution < -0.4 is 10.2 Å². The van der Waals surface area contributed by atoms with Gasteiger partial charge in [-0.15, -0.1) is 0 Å². The molecule has 6 heteroatoms. The van der Waals surface area contributed by atoms with E-state index in [2.05, 4.69) is 15.3 Å². The zero-order valence-electron chi connectivity index (χ0n) is 18.8. The number of pyridine rings is 2. The van der Waals surface area contributed by atoms with Crippen LogP contribution in [0.4, 0.5) is 5.69 Å². The molecule has 32 heavy (non-hydrogen) atoms. The Bertz CT molecular complexity index is 1140. The Labute approximate surface area is 188 Å². The summed E-state index contributed by atoms with van der Waals surface area (Å²) in [5.41, 5.74) is 6.14. The number of nitrogens with one attached hydrogen (secondary N) is 1. The highest BCUT2D eigenvalue weighted by Gasteiger charge is 2.27. The summed E-state index contributed by atoms with van der Waals surface area (Å²) in [6.07, 6.45) is 5.74. The van der Waals surface area contributed by atoms with E-state index in [0.717, 1.165) is 40.3 Å². The maximum atomic E-state index is 12.5. The van der Waals surface area contributed by atoms with E-state index >= 15 is 0 Å². The zero-order chi connectivity index (χ0) is 22.7. The molecule has 4 rings (SSSR count). The van der Waals surface area contributed by atoms with Gasteiger partial charge in [0.2, 0.25) is 5.91 Å². The van der Waals surface area contributed by atoms with E-state index in [0.29, 0.717) is 18.0 Å². The molecule has 0 spiro atoms. The summed E-state index contributed by atoms with van der Waals surface area (Å²) in [6, 6.07) is 13.5. The Hall–Kier alpha value is -3.54. The number of carbonyl (C=O) groups is 2. The smallest absolute Gasteiger partial charge is 0.253 e. The lowest BCUT2D eigenvalue weighted by Gasteiger charge is -2.23. The van der Waals surface area contributed by atoms with Gasteiger partial charge in [0.25, 0.3) is 5.91 Å². The van der Waals surface area contributed by atoms with Crippen LogP contribution in [0.1, 0.15) is 46.9 Å². The van der Waals surface area contributed by atoms with Crippen LogP contribution in [0.3, 0.4) is 0 Å². The van der Waals surface area contributed by atoms with Gasteiger partial charge in [-0.3, -0.25) is 19.6 Å². The lowest BCUT2D eigenvalue weighted by Crippen LogP contribution is -2.31. The number of aryl methyl sites for hydroxylation is 2. The van der Waals surface area contributed by atoms with E-state index in [1.807, 2.05) is 55.1 Å². The molecule has 3 aromatic rings. The molecular weight excluding hydrogens is 400 g/mol. The molecule has 2 aromatic heterocycles. The van der Waals surface area contributed by atoms with E-state index < -0.39 is 0 Å². The maximum Gasteiger partial charge on any atom is 0.253 e. The quantitative estimate of drug-likeness (QED) is 0.603. The molecule has 0 saturated heterocycles. The number of hydrogen-bond donors (Lipinski definition) is 1. The van der Waals surface area contributed by atoms with E-state index in [-0.39, 0.29) is 11.8 Å². The minimum absolute atomic E-state index is 0.0720. The van der Waals surface area contributed by atoms with E-state index in [4.69, 9.17) is 0 Å². The van der Waals surface area contributed by atoms with Gasteiger partial charge in [0.15, 0.2) is 0 Å². The van der Waals surface area contributed by atoms with Gasteiger partial charge in [0.1, 0.15) is 0 Å². The summed E-state index contributed by atoms with van der Waals surface area (Å²) < 4.78 is 0. The zero-order valence-corrected chi connectivity index (χ0v) is 18.8. The number of anilines is 1. The molecule has 1 N–H and O–H groups in total. The molecule has 1 aliphatic carbocycles. The summed E-state index contributed by atoms with van der Waals surface area (Å²) in [7, 11) is 0. The SMILES string of the molecule is CC(=O)N(CC1CC1)c1ccc(-c2ccc(C(=O)NCc3cccnc3C)cn2)cc1C. The van der Waals surface area contributed by atoms with Crippen molar-refractivity contribution in [3.05, 3.63) is 77.2 Å². The van der Waals surface area contributed by atoms with Crippen LogP contribution >= 0.6 is 0 Å². The Morgan fingerprint density at radius 3 is 2.53 bits per heavy atom. The second-order valence-electron chi connectivity index (χ2n) is 8.44. The van der Waals surface area contributed by atoms with Crippen LogP contribution in [0, 0.1) is 19.8 Å². The van der Waals surface area contributed by atoms with Crippen LogP contribution in [0.15, 0.2) is 54.9 Å². The first-order valence-electron chi connectivity index (χ1n) is 11.0. The van der Waals surface area contributed by atoms with Crippen molar-refractivity contribution in [2.75, 3.05) is 11.4 Å². The van der Waals surface area contributed by atoms with Gasteiger partial charge < -0.3 is 10.2 Å². The largest absolute Gasteiger partial charge is 0.348 e. The molecule has 6 nitrogen and oxygen atoms in total. The number of amides is 2. The maximum absolute atomic E-state index is 12.5. The van der Waals surface area contributed by atoms with Crippen molar-refractivity contribution in [1.29, 1.82) is 0 Å². The van der Waals surface area contributed by atoms with Crippen molar-refractivity contribution in [2.24, 2.45) is 5.92 Å². The molecule has 0 atom stereocenters. The summed E-state index contributed by atoms with van der Waals surface area (Å²) in [5, 5.41) is 2.92. The summed E-state index contributed by atoms with van der Waals surface area (Å²) in [6.45, 7) is 6.78. The summed E-state index contributed by atoms with van der Waals surface area (Å²) >= 11 is 0. The van der Waals surface area contributed by atoms with Crippen LogP contribution in [-0.2, 0) is 11.3 Å². The number of rotatable bonds is 7. The second-order valence-corrected chi connectivity index (χ2v) is 8.44. The fourth-order valence-electron chi connectivity index (χ4n) is 3.75. The number of hydrogen-bond acceptors (Lipinski definition) is 4. The molecule has 0 unspecified atom stereocenters. The van der Waals surface area contributed by atoms with E-state index in [1.165, 1.54) is 12.8 Å². The van der Waals surface area contributed by atoms with Crippen molar-refractivity contribution >= 4 is 17.5 Å². The third kappa shape index (κ3) is 5.02. The van der Waals surface area contributed by atoms with E-state index in [9.17, 15) is 9.59 Å². The number of nitrogens with zero attached hydrogens (tertiary/aromatic N) is 3. The van der Waals surface area contributed by atoms with Crippen LogP contribution in [0.25, 0.3) is 11.3 Å². The lowest BCUT2D eigenvalue weighted by molar-refractivity contribution is -0.116. The molecule has 164 valence electrons. The van der Waals surface area contributed by atoms with Crippen molar-refractivity contribution in [1.82, 2.24) is 15.3 Å². The van der Waals surface area contributed by atoms with Crippen LogP contribution in [-0.4, -0.2) is 28.3 Å². The van der Waals surface area contributed by atoms with Crippen LogP contribution in [0.2, 0.25) is 0 Å². The number of aromatic nitrogens is 2. The Morgan fingerprint density at radius 2 is 1.91 bits per heavy atom. The predicted molar refractivity (Wildman–Crippen MR) is 125 cm³/mol. The average Bonchev–Trinajstić information content (AvgIpc) is 3.61. The highest BCUT2D eigenvalue weighted by atomic mass is 16.2. The van der Waals surface area contributed by atoms with Gasteiger partial charge in [-0.05, 0) is 74.1 Å². The van der Waals surface area contributed by atoms with Gasteiger partial charge in [-0.2, -0.15) is 0 Å². The standard InChI is InChI=1S/C26H28N4O2/c1-17-13-21(9-11-25(17)30(19(3)31)16-20-6-7-20)24-10-8-23(15-28-24)26(32)29-14-22-5-4-12-27-18(22)2/h4-5,8-13,15,20H,6-7,14,16H2,1-3H3,(H,29,32). The topological polar surface area (TPSA) is 75.2 Å². The first-order valence-corrected chi connectivity index (χ1v) is 11.0. The molecule has 1 fully saturated rings. The molecule has 2 heterocycles. The van der Waals surface area contributed by atoms with Gasteiger partial charge in [0.05, 0.1) is 11.3 Å². The minimum atomic E-state index is -0.170. The molecule has 0 radical (unpaired) electrons. The molecule has 1 saturated carbocycles. The first-order chi connectivity index (χ1) is 15.4. The Morgan fingerprint density at radius 1 is 1.09 bits per heavy atom. The summed E-state index contributed by atoms with van der Waals surface area (Å²) in [4.78, 5) is 35.3. The molecule has 1 aliphatic rings. The van der Waals surface area contributed by atoms with Crippen molar-refractivity contribution in [3.63, 3.8) is 0 Å². The second kappa shape index (κ2) is 9.30. The minimum Gasteiger partial charge on any atom is -0.348 e. The Balaban J connectivity index is 1.45. The van der Waals surface area contributed by atoms with Gasteiger partial charge in [-0.25, -0.2) is 0 Å². The lowest BCUT2D eigenvalue weighted by atomic mass is 10.0. The normalized spacial score (nSPS) is 13.0. The molecule has 1 aromatic carbocycles. The fraction of sp³-hybridized carbons (Fsp3) is 0.308. The predicted octanol–water partition coefficient (Wildman–Crippen LogP) is 4.45. The van der Waals surface area contributed by atoms with E-state index in [1.54, 1.807) is 25.4 Å². The number of benzene rings is 1. The molecular formula is C26H28N4O2. The van der Waals surface area contributed by atoms with Gasteiger partial charge in [-0.1, -0.05) is 12.1 Å². The highest BCUT2D eigenvalue weighted by molar-refractivity contribution is 5.94. The van der Waals surface area contributed by atoms with Crippen LogP contribution in [0.5, 0.6) is 0 Å². The number of carbonyl (C=O) groups excluding carboxylic acids is 2.